The summed E-state index contributed by atoms with van der Waals surface area (Å²) in [5.74, 6) is -0.909. The molecule has 0 saturated heterocycles. The Morgan fingerprint density at radius 2 is 1.90 bits per heavy atom. The summed E-state index contributed by atoms with van der Waals surface area (Å²) < 4.78 is 0. The molecule has 0 aliphatic carbocycles. The number of rotatable bonds is 8. The molecule has 1 amide bonds. The van der Waals surface area contributed by atoms with Crippen LogP contribution in [0.25, 0.3) is 0 Å². The number of nitrogens with one attached hydrogen (secondary N) is 2. The van der Waals surface area contributed by atoms with Crippen LogP contribution in [-0.4, -0.2) is 29.6 Å². The van der Waals surface area contributed by atoms with Gasteiger partial charge in [0, 0.05) is 19.0 Å². The van der Waals surface area contributed by atoms with Crippen molar-refractivity contribution in [2.45, 2.75) is 39.3 Å². The molecule has 0 aliphatic heterocycles. The van der Waals surface area contributed by atoms with Crippen LogP contribution in [-0.2, 0) is 22.6 Å². The van der Waals surface area contributed by atoms with Crippen molar-refractivity contribution in [3.05, 3.63) is 35.4 Å². The number of hydrogen-bond donors (Lipinski definition) is 3. The van der Waals surface area contributed by atoms with Crippen LogP contribution < -0.4 is 10.6 Å². The Morgan fingerprint density at radius 3 is 2.50 bits per heavy atom. The molecule has 0 fully saturated rings. The smallest absolute Gasteiger partial charge is 0.307 e. The maximum absolute atomic E-state index is 11.8. The number of carbonyl (C=O) groups excluding carboxylic acids is 1. The number of amides is 1. The van der Waals surface area contributed by atoms with E-state index in [1.54, 1.807) is 12.1 Å². The summed E-state index contributed by atoms with van der Waals surface area (Å²) in [6.45, 7) is 5.15. The minimum absolute atomic E-state index is 0.0279. The lowest BCUT2D eigenvalue weighted by Gasteiger charge is -2.13. The summed E-state index contributed by atoms with van der Waals surface area (Å²) in [7, 11) is 0. The lowest BCUT2D eigenvalue weighted by Crippen LogP contribution is -2.33. The Morgan fingerprint density at radius 1 is 1.25 bits per heavy atom. The monoisotopic (exact) mass is 278 g/mol. The fourth-order valence-electron chi connectivity index (χ4n) is 2.03. The fourth-order valence-corrected chi connectivity index (χ4v) is 2.03. The first kappa shape index (κ1) is 16.2. The first-order valence-corrected chi connectivity index (χ1v) is 6.81. The molecule has 110 valence electrons. The van der Waals surface area contributed by atoms with Crippen LogP contribution in [0.15, 0.2) is 24.3 Å². The summed E-state index contributed by atoms with van der Waals surface area (Å²) in [5.41, 5.74) is 1.58. The second-order valence-electron chi connectivity index (χ2n) is 4.78. The molecule has 0 aromatic heterocycles. The molecule has 3 N–H and O–H groups in total. The van der Waals surface area contributed by atoms with Gasteiger partial charge in [0.05, 0.1) is 6.42 Å². The zero-order chi connectivity index (χ0) is 15.0. The topological polar surface area (TPSA) is 78.4 Å². The standard InChI is InChI=1S/C15H22N2O3/c1-3-16-11(2)8-14(18)17-10-13-7-5-4-6-12(13)9-15(19)20/h4-7,11,16H,3,8-10H2,1-2H3,(H,17,18)(H,19,20). The van der Waals surface area contributed by atoms with Crippen molar-refractivity contribution in [1.29, 1.82) is 0 Å². The Hall–Kier alpha value is -1.88. The van der Waals surface area contributed by atoms with Gasteiger partial charge in [0.25, 0.3) is 0 Å². The molecule has 1 atom stereocenters. The van der Waals surface area contributed by atoms with Crippen LogP contribution >= 0.6 is 0 Å². The highest BCUT2D eigenvalue weighted by Crippen LogP contribution is 2.09. The van der Waals surface area contributed by atoms with Gasteiger partial charge < -0.3 is 15.7 Å². The molecule has 0 heterocycles. The quantitative estimate of drug-likeness (QED) is 0.670. The van der Waals surface area contributed by atoms with E-state index >= 15 is 0 Å². The average molecular weight is 278 g/mol. The highest BCUT2D eigenvalue weighted by molar-refractivity contribution is 5.76. The zero-order valence-corrected chi connectivity index (χ0v) is 12.0. The SMILES string of the molecule is CCNC(C)CC(=O)NCc1ccccc1CC(=O)O. The molecule has 0 saturated carbocycles. The van der Waals surface area contributed by atoms with Gasteiger partial charge in [-0.25, -0.2) is 0 Å². The predicted octanol–water partition coefficient (Wildman–Crippen LogP) is 1.32. The van der Waals surface area contributed by atoms with Gasteiger partial charge in [-0.2, -0.15) is 0 Å². The first-order chi connectivity index (χ1) is 9.52. The Balaban J connectivity index is 2.52. The number of hydrogen-bond acceptors (Lipinski definition) is 3. The number of carboxylic acids is 1. The van der Waals surface area contributed by atoms with Crippen LogP contribution in [0.2, 0.25) is 0 Å². The second kappa shape index (κ2) is 8.32. The molecular formula is C15H22N2O3. The van der Waals surface area contributed by atoms with E-state index in [0.29, 0.717) is 13.0 Å². The average Bonchev–Trinajstić information content (AvgIpc) is 2.37. The van der Waals surface area contributed by atoms with Crippen LogP contribution in [0.4, 0.5) is 0 Å². The van der Waals surface area contributed by atoms with Gasteiger partial charge >= 0.3 is 5.97 Å². The van der Waals surface area contributed by atoms with Crippen LogP contribution in [0.3, 0.4) is 0 Å². The highest BCUT2D eigenvalue weighted by Gasteiger charge is 2.10. The molecule has 5 heteroatoms. The lowest BCUT2D eigenvalue weighted by molar-refractivity contribution is -0.136. The maximum atomic E-state index is 11.8. The van der Waals surface area contributed by atoms with Crippen molar-refractivity contribution in [3.8, 4) is 0 Å². The van der Waals surface area contributed by atoms with Crippen LogP contribution in [0.5, 0.6) is 0 Å². The molecule has 1 aromatic rings. The van der Waals surface area contributed by atoms with Crippen molar-refractivity contribution in [2.75, 3.05) is 6.54 Å². The van der Waals surface area contributed by atoms with Crippen molar-refractivity contribution >= 4 is 11.9 Å². The molecule has 20 heavy (non-hydrogen) atoms. The summed E-state index contributed by atoms with van der Waals surface area (Å²) in [6.07, 6.45) is 0.384. The van der Waals surface area contributed by atoms with Crippen molar-refractivity contribution in [2.24, 2.45) is 0 Å². The van der Waals surface area contributed by atoms with Gasteiger partial charge in [0.15, 0.2) is 0 Å². The summed E-state index contributed by atoms with van der Waals surface area (Å²) in [4.78, 5) is 22.5. The van der Waals surface area contributed by atoms with E-state index < -0.39 is 5.97 Å². The number of carbonyl (C=O) groups is 2. The van der Waals surface area contributed by atoms with E-state index in [-0.39, 0.29) is 18.4 Å². The number of aliphatic carboxylic acids is 1. The Kier molecular flexibility index (Phi) is 6.73. The van der Waals surface area contributed by atoms with Gasteiger partial charge in [-0.1, -0.05) is 31.2 Å². The first-order valence-electron chi connectivity index (χ1n) is 6.81. The van der Waals surface area contributed by atoms with Gasteiger partial charge in [-0.15, -0.1) is 0 Å². The molecule has 1 rings (SSSR count). The van der Waals surface area contributed by atoms with Crippen molar-refractivity contribution in [1.82, 2.24) is 10.6 Å². The Bertz CT molecular complexity index is 460. The van der Waals surface area contributed by atoms with Gasteiger partial charge in [-0.3, -0.25) is 9.59 Å². The number of benzene rings is 1. The molecule has 0 aliphatic rings. The third-order valence-corrected chi connectivity index (χ3v) is 2.98. The lowest BCUT2D eigenvalue weighted by atomic mass is 10.0. The molecule has 1 unspecified atom stereocenters. The summed E-state index contributed by atoms with van der Waals surface area (Å²) in [6, 6.07) is 7.39. The van der Waals surface area contributed by atoms with E-state index in [1.165, 1.54) is 0 Å². The van der Waals surface area contributed by atoms with E-state index in [4.69, 9.17) is 5.11 Å². The van der Waals surface area contributed by atoms with E-state index in [0.717, 1.165) is 17.7 Å². The van der Waals surface area contributed by atoms with Gasteiger partial charge in [0.1, 0.15) is 0 Å². The molecule has 1 aromatic carbocycles. The van der Waals surface area contributed by atoms with Crippen LogP contribution in [0, 0.1) is 0 Å². The van der Waals surface area contributed by atoms with E-state index in [9.17, 15) is 9.59 Å². The molecule has 5 nitrogen and oxygen atoms in total. The Labute approximate surface area is 119 Å². The van der Waals surface area contributed by atoms with Crippen molar-refractivity contribution < 1.29 is 14.7 Å². The third-order valence-electron chi connectivity index (χ3n) is 2.98. The van der Waals surface area contributed by atoms with Crippen molar-refractivity contribution in [3.63, 3.8) is 0 Å². The molecule has 0 bridgehead atoms. The molecule has 0 spiro atoms. The summed E-state index contributed by atoms with van der Waals surface area (Å²) in [5, 5.41) is 14.9. The largest absolute Gasteiger partial charge is 0.481 e. The zero-order valence-electron chi connectivity index (χ0n) is 12.0. The molecule has 0 radical (unpaired) electrons. The number of carboxylic acid groups (broad SMARTS) is 1. The van der Waals surface area contributed by atoms with E-state index in [2.05, 4.69) is 10.6 Å². The highest BCUT2D eigenvalue weighted by atomic mass is 16.4. The van der Waals surface area contributed by atoms with E-state index in [1.807, 2.05) is 26.0 Å². The van der Waals surface area contributed by atoms with Gasteiger partial charge in [0.2, 0.25) is 5.91 Å². The fraction of sp³-hybridized carbons (Fsp3) is 0.467. The maximum Gasteiger partial charge on any atom is 0.307 e. The minimum Gasteiger partial charge on any atom is -0.481 e. The normalized spacial score (nSPS) is 11.9. The minimum atomic E-state index is -0.871. The van der Waals surface area contributed by atoms with Crippen LogP contribution in [0.1, 0.15) is 31.4 Å². The van der Waals surface area contributed by atoms with Gasteiger partial charge in [-0.05, 0) is 24.6 Å². The predicted molar refractivity (Wildman–Crippen MR) is 77.4 cm³/mol. The second-order valence-corrected chi connectivity index (χ2v) is 4.78. The molecular weight excluding hydrogens is 256 g/mol. The summed E-state index contributed by atoms with van der Waals surface area (Å²) >= 11 is 0. The third kappa shape index (κ3) is 5.84.